The molecule has 0 spiro atoms. The second kappa shape index (κ2) is 4.41. The van der Waals surface area contributed by atoms with Crippen molar-refractivity contribution in [2.24, 2.45) is 7.05 Å². The molecule has 1 heterocycles. The number of ketones is 1. The van der Waals surface area contributed by atoms with Crippen LogP contribution < -0.4 is 0 Å². The van der Waals surface area contributed by atoms with Crippen molar-refractivity contribution in [1.82, 2.24) is 9.55 Å². The summed E-state index contributed by atoms with van der Waals surface area (Å²) in [6.45, 7) is 6.47. The summed E-state index contributed by atoms with van der Waals surface area (Å²) in [7, 11) is 1.82. The lowest BCUT2D eigenvalue weighted by Crippen LogP contribution is -2.12. The van der Waals surface area contributed by atoms with E-state index in [-0.39, 0.29) is 11.2 Å². The number of nitrogens with zero attached hydrogens (tertiary/aromatic N) is 2. The number of hydrogen-bond donors (Lipinski definition) is 0. The van der Waals surface area contributed by atoms with Crippen LogP contribution in [-0.2, 0) is 12.5 Å². The van der Waals surface area contributed by atoms with E-state index in [0.717, 1.165) is 0 Å². The minimum atomic E-state index is 0.00968. The SMILES string of the molecule is Cn1cncc1C(=O)c1ccc(C(C)(C)C)cc1. The fraction of sp³-hybridized carbons (Fsp3) is 0.333. The summed E-state index contributed by atoms with van der Waals surface area (Å²) in [6, 6.07) is 7.80. The summed E-state index contributed by atoms with van der Waals surface area (Å²) in [6.07, 6.45) is 3.23. The maximum absolute atomic E-state index is 12.2. The molecular formula is C15H18N2O. The molecule has 0 unspecified atom stereocenters. The Bertz CT molecular complexity index is 559. The monoisotopic (exact) mass is 242 g/mol. The van der Waals surface area contributed by atoms with Crippen LogP contribution in [0.15, 0.2) is 36.8 Å². The first-order valence-electron chi connectivity index (χ1n) is 6.01. The predicted octanol–water partition coefficient (Wildman–Crippen LogP) is 2.95. The number of rotatable bonds is 2. The highest BCUT2D eigenvalue weighted by atomic mass is 16.1. The summed E-state index contributed by atoms with van der Waals surface area (Å²) in [5.74, 6) is 0.00968. The van der Waals surface area contributed by atoms with E-state index in [2.05, 4.69) is 25.8 Å². The Morgan fingerprint density at radius 2 is 1.78 bits per heavy atom. The van der Waals surface area contributed by atoms with Gasteiger partial charge in [-0.3, -0.25) is 4.79 Å². The Morgan fingerprint density at radius 3 is 2.22 bits per heavy atom. The van der Waals surface area contributed by atoms with Crippen LogP contribution in [-0.4, -0.2) is 15.3 Å². The largest absolute Gasteiger partial charge is 0.331 e. The first-order valence-corrected chi connectivity index (χ1v) is 6.01. The lowest BCUT2D eigenvalue weighted by atomic mass is 9.86. The van der Waals surface area contributed by atoms with Gasteiger partial charge in [-0.05, 0) is 11.0 Å². The van der Waals surface area contributed by atoms with Crippen LogP contribution in [0.3, 0.4) is 0 Å². The molecule has 3 heteroatoms. The Labute approximate surface area is 107 Å². The second-order valence-corrected chi connectivity index (χ2v) is 5.55. The third-order valence-corrected chi connectivity index (χ3v) is 3.06. The molecule has 3 nitrogen and oxygen atoms in total. The van der Waals surface area contributed by atoms with E-state index < -0.39 is 0 Å². The minimum Gasteiger partial charge on any atom is -0.331 e. The van der Waals surface area contributed by atoms with Gasteiger partial charge >= 0.3 is 0 Å². The maximum Gasteiger partial charge on any atom is 0.210 e. The van der Waals surface area contributed by atoms with Crippen LogP contribution in [0.25, 0.3) is 0 Å². The molecule has 0 saturated carbocycles. The van der Waals surface area contributed by atoms with E-state index in [1.165, 1.54) is 5.56 Å². The van der Waals surface area contributed by atoms with Gasteiger partial charge < -0.3 is 4.57 Å². The van der Waals surface area contributed by atoms with Crippen molar-refractivity contribution in [1.29, 1.82) is 0 Å². The van der Waals surface area contributed by atoms with Crippen LogP contribution >= 0.6 is 0 Å². The number of imidazole rings is 1. The van der Waals surface area contributed by atoms with Crippen LogP contribution in [0.2, 0.25) is 0 Å². The molecule has 0 N–H and O–H groups in total. The molecule has 0 aliphatic carbocycles. The van der Waals surface area contributed by atoms with Gasteiger partial charge in [-0.25, -0.2) is 4.98 Å². The number of hydrogen-bond acceptors (Lipinski definition) is 2. The molecule has 1 aromatic heterocycles. The zero-order valence-corrected chi connectivity index (χ0v) is 11.3. The van der Waals surface area contributed by atoms with Gasteiger partial charge in [-0.2, -0.15) is 0 Å². The number of aromatic nitrogens is 2. The zero-order valence-electron chi connectivity index (χ0n) is 11.3. The van der Waals surface area contributed by atoms with Gasteiger partial charge in [-0.1, -0.05) is 45.0 Å². The molecule has 0 amide bonds. The van der Waals surface area contributed by atoms with Gasteiger partial charge in [0.1, 0.15) is 5.69 Å². The highest BCUT2D eigenvalue weighted by Crippen LogP contribution is 2.22. The van der Waals surface area contributed by atoms with Crippen molar-refractivity contribution in [3.63, 3.8) is 0 Å². The molecule has 0 aliphatic rings. The Morgan fingerprint density at radius 1 is 1.17 bits per heavy atom. The van der Waals surface area contributed by atoms with Gasteiger partial charge in [0.05, 0.1) is 12.5 Å². The van der Waals surface area contributed by atoms with E-state index in [9.17, 15) is 4.79 Å². The van der Waals surface area contributed by atoms with Crippen LogP contribution in [0.4, 0.5) is 0 Å². The normalized spacial score (nSPS) is 11.6. The van der Waals surface area contributed by atoms with E-state index in [1.807, 2.05) is 31.3 Å². The number of aryl methyl sites for hydroxylation is 1. The molecule has 2 rings (SSSR count). The smallest absolute Gasteiger partial charge is 0.210 e. The van der Waals surface area contributed by atoms with Crippen molar-refractivity contribution in [3.05, 3.63) is 53.6 Å². The zero-order chi connectivity index (χ0) is 13.3. The van der Waals surface area contributed by atoms with E-state index in [1.54, 1.807) is 17.1 Å². The van der Waals surface area contributed by atoms with E-state index >= 15 is 0 Å². The summed E-state index contributed by atoms with van der Waals surface area (Å²) in [5.41, 5.74) is 2.64. The Hall–Kier alpha value is -1.90. The van der Waals surface area contributed by atoms with Crippen LogP contribution in [0.1, 0.15) is 42.4 Å². The lowest BCUT2D eigenvalue weighted by molar-refractivity contribution is 0.103. The lowest BCUT2D eigenvalue weighted by Gasteiger charge is -2.18. The number of benzene rings is 1. The van der Waals surface area contributed by atoms with E-state index in [0.29, 0.717) is 11.3 Å². The van der Waals surface area contributed by atoms with E-state index in [4.69, 9.17) is 0 Å². The van der Waals surface area contributed by atoms with Gasteiger partial charge in [0.25, 0.3) is 0 Å². The van der Waals surface area contributed by atoms with Crippen LogP contribution in [0.5, 0.6) is 0 Å². The molecule has 0 atom stereocenters. The quantitative estimate of drug-likeness (QED) is 0.759. The topological polar surface area (TPSA) is 34.9 Å². The molecule has 94 valence electrons. The molecule has 2 aromatic rings. The first kappa shape index (κ1) is 12.6. The standard InChI is InChI=1S/C15H18N2O/c1-15(2,3)12-7-5-11(6-8-12)14(18)13-9-16-10-17(13)4/h5-10H,1-4H3. The van der Waals surface area contributed by atoms with Crippen LogP contribution in [0, 0.1) is 0 Å². The predicted molar refractivity (Wildman–Crippen MR) is 71.8 cm³/mol. The molecular weight excluding hydrogens is 224 g/mol. The summed E-state index contributed by atoms with van der Waals surface area (Å²) in [5, 5.41) is 0. The average molecular weight is 242 g/mol. The third-order valence-electron chi connectivity index (χ3n) is 3.06. The first-order chi connectivity index (χ1) is 8.39. The summed E-state index contributed by atoms with van der Waals surface area (Å²) in [4.78, 5) is 16.2. The molecule has 0 saturated heterocycles. The number of carbonyl (C=O) groups excluding carboxylic acids is 1. The minimum absolute atomic E-state index is 0.00968. The van der Waals surface area contributed by atoms with Gasteiger partial charge in [0, 0.05) is 12.6 Å². The highest BCUT2D eigenvalue weighted by molar-refractivity contribution is 6.07. The average Bonchev–Trinajstić information content (AvgIpc) is 2.73. The Balaban J connectivity index is 2.31. The van der Waals surface area contributed by atoms with Crippen molar-refractivity contribution < 1.29 is 4.79 Å². The van der Waals surface area contributed by atoms with Crippen molar-refractivity contribution in [2.45, 2.75) is 26.2 Å². The summed E-state index contributed by atoms with van der Waals surface area (Å²) < 4.78 is 1.74. The molecule has 18 heavy (non-hydrogen) atoms. The maximum atomic E-state index is 12.2. The van der Waals surface area contributed by atoms with Crippen molar-refractivity contribution >= 4 is 5.78 Å². The van der Waals surface area contributed by atoms with Gasteiger partial charge in [0.2, 0.25) is 5.78 Å². The third kappa shape index (κ3) is 2.35. The molecule has 0 bridgehead atoms. The molecule has 1 aromatic carbocycles. The number of carbonyl (C=O) groups is 1. The van der Waals surface area contributed by atoms with Gasteiger partial charge in [-0.15, -0.1) is 0 Å². The Kier molecular flexibility index (Phi) is 3.07. The fourth-order valence-electron chi connectivity index (χ4n) is 1.85. The molecule has 0 aliphatic heterocycles. The van der Waals surface area contributed by atoms with Crippen molar-refractivity contribution in [3.8, 4) is 0 Å². The molecule has 0 radical (unpaired) electrons. The highest BCUT2D eigenvalue weighted by Gasteiger charge is 2.16. The van der Waals surface area contributed by atoms with Gasteiger partial charge in [0.15, 0.2) is 0 Å². The second-order valence-electron chi connectivity index (χ2n) is 5.55. The van der Waals surface area contributed by atoms with Crippen molar-refractivity contribution in [2.75, 3.05) is 0 Å². The summed E-state index contributed by atoms with van der Waals surface area (Å²) >= 11 is 0. The fourth-order valence-corrected chi connectivity index (χ4v) is 1.85. The molecule has 0 fully saturated rings.